The maximum absolute atomic E-state index is 5.68. The molecular formula is C12H15N3OS. The van der Waals surface area contributed by atoms with Gasteiger partial charge in [-0.3, -0.25) is 5.10 Å². The first-order valence-electron chi connectivity index (χ1n) is 5.54. The molecule has 0 fully saturated rings. The van der Waals surface area contributed by atoms with E-state index in [1.165, 1.54) is 5.56 Å². The number of benzene rings is 1. The fraction of sp³-hybridized carbons (Fsp3) is 0.333. The number of aromatic nitrogens is 3. The molecule has 0 radical (unpaired) electrons. The number of ether oxygens (including phenoxy) is 1. The quantitative estimate of drug-likeness (QED) is 0.847. The Hall–Kier alpha value is -1.62. The average molecular weight is 249 g/mol. The van der Waals surface area contributed by atoms with Crippen molar-refractivity contribution in [2.45, 2.75) is 27.0 Å². The van der Waals surface area contributed by atoms with Crippen LogP contribution in [0.15, 0.2) is 24.3 Å². The van der Waals surface area contributed by atoms with Crippen molar-refractivity contribution in [1.82, 2.24) is 14.8 Å². The first kappa shape index (κ1) is 11.9. The van der Waals surface area contributed by atoms with Crippen molar-refractivity contribution in [2.24, 2.45) is 0 Å². The maximum Gasteiger partial charge on any atom is 0.195 e. The molecule has 90 valence electrons. The van der Waals surface area contributed by atoms with E-state index in [1.54, 1.807) is 0 Å². The molecule has 0 atom stereocenters. The summed E-state index contributed by atoms with van der Waals surface area (Å²) in [5, 5.41) is 6.92. The van der Waals surface area contributed by atoms with Gasteiger partial charge in [0.1, 0.15) is 12.4 Å². The van der Waals surface area contributed by atoms with Gasteiger partial charge in [0.15, 0.2) is 10.6 Å². The van der Waals surface area contributed by atoms with Crippen LogP contribution in [0.2, 0.25) is 0 Å². The molecule has 0 saturated heterocycles. The van der Waals surface area contributed by atoms with Gasteiger partial charge in [0.05, 0.1) is 0 Å². The third-order valence-corrected chi connectivity index (χ3v) is 2.82. The standard InChI is InChI=1S/C12H15N3OS/c1-3-15-11(13-14-12(15)17)8-16-10-6-4-5-9(2)7-10/h4-7H,3,8H2,1-2H3,(H,14,17). The Morgan fingerprint density at radius 3 is 3.00 bits per heavy atom. The van der Waals surface area contributed by atoms with Crippen molar-refractivity contribution in [2.75, 3.05) is 0 Å². The molecule has 5 heteroatoms. The molecule has 1 heterocycles. The molecule has 2 aromatic rings. The van der Waals surface area contributed by atoms with Gasteiger partial charge < -0.3 is 9.30 Å². The summed E-state index contributed by atoms with van der Waals surface area (Å²) in [4.78, 5) is 0. The zero-order valence-electron chi connectivity index (χ0n) is 9.93. The highest BCUT2D eigenvalue weighted by molar-refractivity contribution is 7.71. The monoisotopic (exact) mass is 249 g/mol. The van der Waals surface area contributed by atoms with E-state index in [-0.39, 0.29) is 0 Å². The van der Waals surface area contributed by atoms with Crippen molar-refractivity contribution in [3.8, 4) is 5.75 Å². The highest BCUT2D eigenvalue weighted by Crippen LogP contribution is 2.13. The number of hydrogen-bond acceptors (Lipinski definition) is 3. The zero-order chi connectivity index (χ0) is 12.3. The van der Waals surface area contributed by atoms with Crippen LogP contribution in [0.1, 0.15) is 18.3 Å². The fourth-order valence-electron chi connectivity index (χ4n) is 1.64. The van der Waals surface area contributed by atoms with Crippen LogP contribution < -0.4 is 4.74 Å². The smallest absolute Gasteiger partial charge is 0.195 e. The third-order valence-electron chi connectivity index (χ3n) is 2.51. The lowest BCUT2D eigenvalue weighted by atomic mass is 10.2. The van der Waals surface area contributed by atoms with Gasteiger partial charge in [-0.1, -0.05) is 12.1 Å². The predicted octanol–water partition coefficient (Wildman–Crippen LogP) is 2.85. The minimum atomic E-state index is 0.421. The first-order valence-corrected chi connectivity index (χ1v) is 5.95. The molecule has 0 unspecified atom stereocenters. The number of H-pyrrole nitrogens is 1. The van der Waals surface area contributed by atoms with E-state index in [9.17, 15) is 0 Å². The number of rotatable bonds is 4. The Bertz CT molecular complexity index is 559. The molecule has 2 rings (SSSR count). The molecule has 0 aliphatic carbocycles. The molecule has 1 aromatic heterocycles. The fourth-order valence-corrected chi connectivity index (χ4v) is 1.92. The Labute approximate surface area is 105 Å². The molecule has 0 amide bonds. The average Bonchev–Trinajstić information content (AvgIpc) is 2.67. The second-order valence-corrected chi connectivity index (χ2v) is 4.18. The lowest BCUT2D eigenvalue weighted by Gasteiger charge is -2.07. The van der Waals surface area contributed by atoms with Crippen LogP contribution in [0, 0.1) is 11.7 Å². The van der Waals surface area contributed by atoms with Crippen LogP contribution >= 0.6 is 12.2 Å². The number of aromatic amines is 1. The molecule has 0 saturated carbocycles. The summed E-state index contributed by atoms with van der Waals surface area (Å²) in [5.41, 5.74) is 1.18. The normalized spacial score (nSPS) is 10.5. The highest BCUT2D eigenvalue weighted by atomic mass is 32.1. The van der Waals surface area contributed by atoms with Crippen molar-refractivity contribution in [3.63, 3.8) is 0 Å². The lowest BCUT2D eigenvalue weighted by Crippen LogP contribution is -2.06. The molecule has 17 heavy (non-hydrogen) atoms. The Morgan fingerprint density at radius 1 is 1.47 bits per heavy atom. The van der Waals surface area contributed by atoms with Crippen LogP contribution in [-0.4, -0.2) is 14.8 Å². The molecular weight excluding hydrogens is 234 g/mol. The van der Waals surface area contributed by atoms with E-state index >= 15 is 0 Å². The van der Waals surface area contributed by atoms with E-state index in [4.69, 9.17) is 17.0 Å². The molecule has 0 bridgehead atoms. The summed E-state index contributed by atoms with van der Waals surface area (Å²) in [6.45, 7) is 5.28. The predicted molar refractivity (Wildman–Crippen MR) is 68.6 cm³/mol. The van der Waals surface area contributed by atoms with E-state index in [2.05, 4.69) is 10.2 Å². The number of nitrogens with zero attached hydrogens (tertiary/aromatic N) is 2. The summed E-state index contributed by atoms with van der Waals surface area (Å²) >= 11 is 5.11. The van der Waals surface area contributed by atoms with E-state index in [0.717, 1.165) is 18.1 Å². The Balaban J connectivity index is 2.10. The zero-order valence-corrected chi connectivity index (χ0v) is 10.8. The topological polar surface area (TPSA) is 42.8 Å². The van der Waals surface area contributed by atoms with Gasteiger partial charge in [0.2, 0.25) is 0 Å². The molecule has 1 N–H and O–H groups in total. The molecule has 0 aliphatic heterocycles. The first-order chi connectivity index (χ1) is 8.20. The minimum Gasteiger partial charge on any atom is -0.486 e. The minimum absolute atomic E-state index is 0.421. The summed E-state index contributed by atoms with van der Waals surface area (Å²) in [6.07, 6.45) is 0. The van der Waals surface area contributed by atoms with Gasteiger partial charge in [-0.15, -0.1) is 0 Å². The van der Waals surface area contributed by atoms with Crippen LogP contribution in [-0.2, 0) is 13.2 Å². The van der Waals surface area contributed by atoms with Crippen LogP contribution in [0.25, 0.3) is 0 Å². The van der Waals surface area contributed by atoms with E-state index < -0.39 is 0 Å². The van der Waals surface area contributed by atoms with Gasteiger partial charge in [0.25, 0.3) is 0 Å². The van der Waals surface area contributed by atoms with Gasteiger partial charge >= 0.3 is 0 Å². The number of nitrogens with one attached hydrogen (secondary N) is 1. The number of aryl methyl sites for hydroxylation is 1. The summed E-state index contributed by atoms with van der Waals surface area (Å²) < 4.78 is 8.24. The molecule has 4 nitrogen and oxygen atoms in total. The van der Waals surface area contributed by atoms with E-state index in [0.29, 0.717) is 11.4 Å². The maximum atomic E-state index is 5.68. The second-order valence-electron chi connectivity index (χ2n) is 3.79. The largest absolute Gasteiger partial charge is 0.486 e. The lowest BCUT2D eigenvalue weighted by molar-refractivity contribution is 0.289. The van der Waals surface area contributed by atoms with Crippen LogP contribution in [0.3, 0.4) is 0 Å². The van der Waals surface area contributed by atoms with Gasteiger partial charge in [0, 0.05) is 6.54 Å². The molecule has 0 aliphatic rings. The van der Waals surface area contributed by atoms with E-state index in [1.807, 2.05) is 42.7 Å². The summed E-state index contributed by atoms with van der Waals surface area (Å²) in [6, 6.07) is 7.94. The molecule has 0 spiro atoms. The van der Waals surface area contributed by atoms with Crippen molar-refractivity contribution >= 4 is 12.2 Å². The summed E-state index contributed by atoms with van der Waals surface area (Å²) in [7, 11) is 0. The highest BCUT2D eigenvalue weighted by Gasteiger charge is 2.05. The summed E-state index contributed by atoms with van der Waals surface area (Å²) in [5.74, 6) is 1.67. The van der Waals surface area contributed by atoms with Crippen LogP contribution in [0.4, 0.5) is 0 Å². The second kappa shape index (κ2) is 5.14. The molecule has 1 aromatic carbocycles. The number of hydrogen-bond donors (Lipinski definition) is 1. The van der Waals surface area contributed by atoms with Crippen LogP contribution in [0.5, 0.6) is 5.75 Å². The van der Waals surface area contributed by atoms with Gasteiger partial charge in [-0.05, 0) is 43.8 Å². The Kier molecular flexibility index (Phi) is 3.58. The Morgan fingerprint density at radius 2 is 2.29 bits per heavy atom. The van der Waals surface area contributed by atoms with Crippen molar-refractivity contribution < 1.29 is 4.74 Å². The van der Waals surface area contributed by atoms with Gasteiger partial charge in [-0.25, -0.2) is 0 Å². The van der Waals surface area contributed by atoms with Crippen molar-refractivity contribution in [3.05, 3.63) is 40.4 Å². The van der Waals surface area contributed by atoms with Crippen molar-refractivity contribution in [1.29, 1.82) is 0 Å². The SMILES string of the molecule is CCn1c(COc2cccc(C)c2)n[nH]c1=S. The third kappa shape index (κ3) is 2.74. The van der Waals surface area contributed by atoms with Gasteiger partial charge in [-0.2, -0.15) is 5.10 Å².